The van der Waals surface area contributed by atoms with Gasteiger partial charge in [-0.2, -0.15) is 0 Å². The minimum Gasteiger partial charge on any atom is -0.494 e. The first-order chi connectivity index (χ1) is 16.5. The Morgan fingerprint density at radius 1 is 1.24 bits per heavy atom. The maximum absolute atomic E-state index is 13.3. The van der Waals surface area contributed by atoms with Crippen molar-refractivity contribution in [2.45, 2.75) is 13.0 Å². The molecule has 0 bridgehead atoms. The van der Waals surface area contributed by atoms with Crippen LogP contribution >= 0.6 is 22.9 Å². The molecule has 3 aromatic heterocycles. The molecule has 174 valence electrons. The van der Waals surface area contributed by atoms with Crippen LogP contribution in [-0.4, -0.2) is 47.7 Å². The highest BCUT2D eigenvalue weighted by Gasteiger charge is 2.20. The number of carbonyl (C=O) groups is 1. The van der Waals surface area contributed by atoms with Crippen LogP contribution in [0.15, 0.2) is 42.7 Å². The lowest BCUT2D eigenvalue weighted by molar-refractivity contribution is 0.0769. The Bertz CT molecular complexity index is 1370. The molecule has 1 saturated heterocycles. The predicted octanol–water partition coefficient (Wildman–Crippen LogP) is 4.64. The zero-order valence-electron chi connectivity index (χ0n) is 18.6. The number of fused-ring (bicyclic) bond motifs is 1. The van der Waals surface area contributed by atoms with Crippen LogP contribution in [0, 0.1) is 6.92 Å². The minimum atomic E-state index is -0.320. The Labute approximate surface area is 205 Å². The normalized spacial score (nSPS) is 15.9. The van der Waals surface area contributed by atoms with E-state index in [0.717, 1.165) is 34.6 Å². The Morgan fingerprint density at radius 2 is 2.12 bits per heavy atom. The van der Waals surface area contributed by atoms with Crippen molar-refractivity contribution in [1.82, 2.24) is 20.3 Å². The van der Waals surface area contributed by atoms with Gasteiger partial charge in [-0.05, 0) is 36.8 Å². The molecule has 0 aliphatic carbocycles. The number of amides is 1. The van der Waals surface area contributed by atoms with E-state index in [-0.39, 0.29) is 11.9 Å². The van der Waals surface area contributed by atoms with Crippen LogP contribution in [0.4, 0.5) is 5.13 Å². The standard InChI is InChI=1S/C24H22ClN5O3S/c1-13-7-15(16-9-22(25)28-11-20(16)32-2)17(10-27-13)23(31)30-24-29-18-4-3-14(8-21(18)34-24)19-12-33-6-5-26-19/h3-4,7-11,19,26H,5-6,12H2,1-2H3,(H,29,30,31). The van der Waals surface area contributed by atoms with Crippen molar-refractivity contribution in [2.24, 2.45) is 0 Å². The van der Waals surface area contributed by atoms with Gasteiger partial charge in [-0.3, -0.25) is 15.1 Å². The van der Waals surface area contributed by atoms with Gasteiger partial charge in [0, 0.05) is 29.6 Å². The summed E-state index contributed by atoms with van der Waals surface area (Å²) in [5.41, 5.74) is 4.42. The zero-order chi connectivity index (χ0) is 23.7. The van der Waals surface area contributed by atoms with Crippen LogP contribution in [-0.2, 0) is 4.74 Å². The monoisotopic (exact) mass is 495 g/mol. The molecule has 2 N–H and O–H groups in total. The van der Waals surface area contributed by atoms with Gasteiger partial charge in [-0.25, -0.2) is 9.97 Å². The molecule has 1 unspecified atom stereocenters. The smallest absolute Gasteiger partial charge is 0.259 e. The molecule has 4 heterocycles. The summed E-state index contributed by atoms with van der Waals surface area (Å²) in [6.07, 6.45) is 3.08. The van der Waals surface area contributed by atoms with Crippen molar-refractivity contribution >= 4 is 44.2 Å². The number of thiazole rings is 1. The van der Waals surface area contributed by atoms with Crippen LogP contribution < -0.4 is 15.4 Å². The SMILES string of the molecule is COc1cnc(Cl)cc1-c1cc(C)ncc1C(=O)Nc1nc2ccc(C3COCCN3)cc2s1. The summed E-state index contributed by atoms with van der Waals surface area (Å²) in [7, 11) is 1.55. The first kappa shape index (κ1) is 22.7. The van der Waals surface area contributed by atoms with Gasteiger partial charge in [0.2, 0.25) is 0 Å². The van der Waals surface area contributed by atoms with Crippen molar-refractivity contribution in [3.63, 3.8) is 0 Å². The molecule has 0 radical (unpaired) electrons. The van der Waals surface area contributed by atoms with Gasteiger partial charge in [0.15, 0.2) is 5.13 Å². The number of aromatic nitrogens is 3. The molecular weight excluding hydrogens is 474 g/mol. The Balaban J connectivity index is 1.45. The van der Waals surface area contributed by atoms with Crippen LogP contribution in [0.25, 0.3) is 21.3 Å². The Hall–Kier alpha value is -3.11. The number of halogens is 1. The summed E-state index contributed by atoms with van der Waals surface area (Å²) >= 11 is 7.56. The maximum Gasteiger partial charge on any atom is 0.259 e. The number of methoxy groups -OCH3 is 1. The molecule has 1 fully saturated rings. The molecular formula is C24H22ClN5O3S. The van der Waals surface area contributed by atoms with Gasteiger partial charge in [0.1, 0.15) is 10.9 Å². The fourth-order valence-electron chi connectivity index (χ4n) is 3.91. The second-order valence-electron chi connectivity index (χ2n) is 7.86. The number of nitrogens with zero attached hydrogens (tertiary/aromatic N) is 3. The summed E-state index contributed by atoms with van der Waals surface area (Å²) in [5.74, 6) is 0.191. The van der Waals surface area contributed by atoms with Crippen molar-refractivity contribution < 1.29 is 14.3 Å². The van der Waals surface area contributed by atoms with Gasteiger partial charge in [0.25, 0.3) is 5.91 Å². The van der Waals surface area contributed by atoms with E-state index in [1.807, 2.05) is 25.1 Å². The van der Waals surface area contributed by atoms with Gasteiger partial charge < -0.3 is 14.8 Å². The average Bonchev–Trinajstić information content (AvgIpc) is 3.25. The highest BCUT2D eigenvalue weighted by molar-refractivity contribution is 7.22. The van der Waals surface area contributed by atoms with Crippen LogP contribution in [0.5, 0.6) is 5.75 Å². The van der Waals surface area contributed by atoms with E-state index < -0.39 is 0 Å². The lowest BCUT2D eigenvalue weighted by Gasteiger charge is -2.24. The Morgan fingerprint density at radius 3 is 2.91 bits per heavy atom. The van der Waals surface area contributed by atoms with Crippen LogP contribution in [0.2, 0.25) is 5.15 Å². The molecule has 4 aromatic rings. The van der Waals surface area contributed by atoms with Crippen LogP contribution in [0.1, 0.15) is 27.7 Å². The third kappa shape index (κ3) is 4.60. The van der Waals surface area contributed by atoms with E-state index in [1.165, 1.54) is 17.5 Å². The first-order valence-electron chi connectivity index (χ1n) is 10.7. The van der Waals surface area contributed by atoms with Gasteiger partial charge in [-0.15, -0.1) is 0 Å². The number of aryl methyl sites for hydroxylation is 1. The van der Waals surface area contributed by atoms with E-state index in [0.29, 0.717) is 39.3 Å². The summed E-state index contributed by atoms with van der Waals surface area (Å²) < 4.78 is 12.0. The second kappa shape index (κ2) is 9.63. The molecule has 0 saturated carbocycles. The molecule has 1 aliphatic heterocycles. The molecule has 1 amide bonds. The van der Waals surface area contributed by atoms with Gasteiger partial charge in [0.05, 0.1) is 48.3 Å². The maximum atomic E-state index is 13.3. The topological polar surface area (TPSA) is 98.3 Å². The van der Waals surface area contributed by atoms with Crippen LogP contribution in [0.3, 0.4) is 0 Å². The van der Waals surface area contributed by atoms with E-state index >= 15 is 0 Å². The molecule has 34 heavy (non-hydrogen) atoms. The lowest BCUT2D eigenvalue weighted by Crippen LogP contribution is -2.34. The first-order valence-corrected chi connectivity index (χ1v) is 11.9. The largest absolute Gasteiger partial charge is 0.494 e. The Kier molecular flexibility index (Phi) is 6.42. The number of morpholine rings is 1. The van der Waals surface area contributed by atoms with Gasteiger partial charge in [-0.1, -0.05) is 29.0 Å². The molecule has 10 heteroatoms. The third-order valence-corrected chi connectivity index (χ3v) is 6.73. The van der Waals surface area contributed by atoms with E-state index in [1.54, 1.807) is 19.4 Å². The fraction of sp³-hybridized carbons (Fsp3) is 0.250. The minimum absolute atomic E-state index is 0.154. The van der Waals surface area contributed by atoms with E-state index in [2.05, 4.69) is 31.7 Å². The quantitative estimate of drug-likeness (QED) is 0.389. The molecule has 1 aromatic carbocycles. The lowest BCUT2D eigenvalue weighted by atomic mass is 10.0. The number of hydrogen-bond acceptors (Lipinski definition) is 8. The summed E-state index contributed by atoms with van der Waals surface area (Å²) in [6.45, 7) is 4.05. The molecule has 0 spiro atoms. The zero-order valence-corrected chi connectivity index (χ0v) is 20.2. The van der Waals surface area contributed by atoms with Crippen molar-refractivity contribution in [3.05, 3.63) is 64.7 Å². The molecule has 1 atom stereocenters. The average molecular weight is 496 g/mol. The predicted molar refractivity (Wildman–Crippen MR) is 133 cm³/mol. The van der Waals surface area contributed by atoms with E-state index in [9.17, 15) is 4.79 Å². The highest BCUT2D eigenvalue weighted by Crippen LogP contribution is 2.35. The number of nitrogens with one attached hydrogen (secondary N) is 2. The summed E-state index contributed by atoms with van der Waals surface area (Å²) in [6, 6.07) is 9.76. The van der Waals surface area contributed by atoms with Crippen molar-refractivity contribution in [2.75, 3.05) is 32.2 Å². The molecule has 1 aliphatic rings. The number of ether oxygens (including phenoxy) is 2. The summed E-state index contributed by atoms with van der Waals surface area (Å²) in [5, 5.41) is 7.20. The fourth-order valence-corrected chi connectivity index (χ4v) is 4.98. The molecule has 8 nitrogen and oxygen atoms in total. The van der Waals surface area contributed by atoms with Gasteiger partial charge >= 0.3 is 0 Å². The highest BCUT2D eigenvalue weighted by atomic mass is 35.5. The second-order valence-corrected chi connectivity index (χ2v) is 9.28. The third-order valence-electron chi connectivity index (χ3n) is 5.59. The number of rotatable bonds is 5. The van der Waals surface area contributed by atoms with E-state index in [4.69, 9.17) is 21.1 Å². The summed E-state index contributed by atoms with van der Waals surface area (Å²) in [4.78, 5) is 26.3. The molecule has 5 rings (SSSR count). The number of hydrogen-bond donors (Lipinski definition) is 2. The number of carbonyl (C=O) groups excluding carboxylic acids is 1. The van der Waals surface area contributed by atoms with Crippen molar-refractivity contribution in [3.8, 4) is 16.9 Å². The van der Waals surface area contributed by atoms with Crippen molar-refractivity contribution in [1.29, 1.82) is 0 Å². The number of anilines is 1. The number of pyridine rings is 2. The number of benzene rings is 1.